The molecule has 0 saturated carbocycles. The van der Waals surface area contributed by atoms with Crippen LogP contribution in [0.15, 0.2) is 48.5 Å². The van der Waals surface area contributed by atoms with Crippen molar-refractivity contribution in [2.24, 2.45) is 0 Å². The maximum absolute atomic E-state index is 13.3. The van der Waals surface area contributed by atoms with Gasteiger partial charge in [0.05, 0.1) is 24.8 Å². The number of aliphatic hydroxyl groups excluding tert-OH is 1. The molecule has 3 amide bonds. The first-order valence-electron chi connectivity index (χ1n) is 9.64. The number of likely N-dealkylation sites (tertiary alicyclic amines) is 1. The minimum Gasteiger partial charge on any atom is -0.394 e. The molecule has 1 heterocycles. The highest BCUT2D eigenvalue weighted by molar-refractivity contribution is 5.94. The van der Waals surface area contributed by atoms with E-state index >= 15 is 0 Å². The zero-order valence-electron chi connectivity index (χ0n) is 16.5. The van der Waals surface area contributed by atoms with Crippen LogP contribution in [0.25, 0.3) is 0 Å². The second-order valence-electron chi connectivity index (χ2n) is 7.23. The summed E-state index contributed by atoms with van der Waals surface area (Å²) in [5.41, 5.74) is 1.46. The highest BCUT2D eigenvalue weighted by Crippen LogP contribution is 2.33. The number of anilines is 1. The molecule has 31 heavy (non-hydrogen) atoms. The van der Waals surface area contributed by atoms with Crippen LogP contribution >= 0.6 is 0 Å². The Morgan fingerprint density at radius 1 is 1.16 bits per heavy atom. The van der Waals surface area contributed by atoms with Gasteiger partial charge in [-0.1, -0.05) is 18.2 Å². The number of nitrogens with zero attached hydrogens (tertiary/aromatic N) is 2. The molecule has 2 aromatic rings. The maximum Gasteiger partial charge on any atom is 0.416 e. The number of amides is 3. The van der Waals surface area contributed by atoms with Crippen LogP contribution in [-0.4, -0.2) is 46.3 Å². The quantitative estimate of drug-likeness (QED) is 0.494. The number of aliphatic hydroxyl groups is 1. The summed E-state index contributed by atoms with van der Waals surface area (Å²) in [5, 5.41) is 18.3. The third-order valence-corrected chi connectivity index (χ3v) is 5.21. The summed E-state index contributed by atoms with van der Waals surface area (Å²) in [6, 6.07) is 9.56. The first-order valence-corrected chi connectivity index (χ1v) is 9.64. The lowest BCUT2D eigenvalue weighted by Gasteiger charge is -2.31. The van der Waals surface area contributed by atoms with Crippen LogP contribution in [0.2, 0.25) is 0 Å². The van der Waals surface area contributed by atoms with Crippen LogP contribution in [0, 0.1) is 0 Å². The Bertz CT molecular complexity index is 934. The monoisotopic (exact) mass is 437 g/mol. The molecule has 3 rings (SSSR count). The normalized spacial score (nSPS) is 16.3. The van der Waals surface area contributed by atoms with Crippen molar-refractivity contribution in [1.82, 2.24) is 10.4 Å². The Balaban J connectivity index is 1.95. The lowest BCUT2D eigenvalue weighted by Crippen LogP contribution is -2.46. The van der Waals surface area contributed by atoms with Gasteiger partial charge >= 0.3 is 12.2 Å². The molecule has 0 aliphatic carbocycles. The number of hydrogen-bond donors (Lipinski definition) is 3. The molecular formula is C21H22F3N3O4. The van der Waals surface area contributed by atoms with Crippen molar-refractivity contribution >= 4 is 17.6 Å². The first kappa shape index (κ1) is 22.6. The fourth-order valence-corrected chi connectivity index (χ4v) is 3.56. The lowest BCUT2D eigenvalue weighted by molar-refractivity contribution is -0.137. The topological polar surface area (TPSA) is 93.1 Å². The van der Waals surface area contributed by atoms with Crippen molar-refractivity contribution in [3.63, 3.8) is 0 Å². The van der Waals surface area contributed by atoms with E-state index in [-0.39, 0.29) is 24.4 Å². The lowest BCUT2D eigenvalue weighted by atomic mass is 10.1. The SMILES string of the molecule is O=C(NO)c1ccc(CN(C(=O)N2CCC[C@@H]2CO)c2cccc(C(F)(F)F)c2)cc1. The number of carbonyl (C=O) groups excluding carboxylic acids is 2. The van der Waals surface area contributed by atoms with Crippen molar-refractivity contribution in [2.75, 3.05) is 18.1 Å². The van der Waals surface area contributed by atoms with Gasteiger partial charge in [0.25, 0.3) is 5.91 Å². The summed E-state index contributed by atoms with van der Waals surface area (Å²) in [6.07, 6.45) is -3.26. The fraction of sp³-hybridized carbons (Fsp3) is 0.333. The van der Waals surface area contributed by atoms with E-state index in [0.29, 0.717) is 24.9 Å². The van der Waals surface area contributed by atoms with Crippen LogP contribution in [0.4, 0.5) is 23.7 Å². The summed E-state index contributed by atoms with van der Waals surface area (Å²) in [6.45, 7) is 0.123. The van der Waals surface area contributed by atoms with Crippen LogP contribution in [0.3, 0.4) is 0 Å². The predicted molar refractivity (Wildman–Crippen MR) is 106 cm³/mol. The molecule has 166 valence electrons. The predicted octanol–water partition coefficient (Wildman–Crippen LogP) is 3.41. The third-order valence-electron chi connectivity index (χ3n) is 5.21. The smallest absolute Gasteiger partial charge is 0.394 e. The van der Waals surface area contributed by atoms with Gasteiger partial charge in [-0.05, 0) is 48.7 Å². The Morgan fingerprint density at radius 3 is 2.48 bits per heavy atom. The van der Waals surface area contributed by atoms with Gasteiger partial charge in [-0.15, -0.1) is 0 Å². The fourth-order valence-electron chi connectivity index (χ4n) is 3.56. The van der Waals surface area contributed by atoms with Gasteiger partial charge in [-0.25, -0.2) is 10.3 Å². The molecule has 0 unspecified atom stereocenters. The standard InChI is InChI=1S/C21H22F3N3O4/c22-21(23,24)16-3-1-4-17(11-16)27(20(30)26-10-2-5-18(26)13-28)12-14-6-8-15(9-7-14)19(29)25-31/h1,3-4,6-9,11,18,28,31H,2,5,10,12-13H2,(H,25,29)/t18-/m1/s1. The molecule has 0 radical (unpaired) electrons. The zero-order chi connectivity index (χ0) is 22.6. The molecule has 1 fully saturated rings. The van der Waals surface area contributed by atoms with Gasteiger partial charge in [0.15, 0.2) is 0 Å². The Kier molecular flexibility index (Phi) is 6.81. The van der Waals surface area contributed by atoms with Crippen molar-refractivity contribution in [3.8, 4) is 0 Å². The second kappa shape index (κ2) is 9.36. The molecule has 3 N–H and O–H groups in total. The summed E-state index contributed by atoms with van der Waals surface area (Å²) in [7, 11) is 0. The second-order valence-corrected chi connectivity index (χ2v) is 7.23. The van der Waals surface area contributed by atoms with E-state index in [1.807, 2.05) is 0 Å². The summed E-state index contributed by atoms with van der Waals surface area (Å²) >= 11 is 0. The van der Waals surface area contributed by atoms with Gasteiger partial charge in [0.2, 0.25) is 0 Å². The molecule has 0 bridgehead atoms. The van der Waals surface area contributed by atoms with E-state index in [4.69, 9.17) is 5.21 Å². The molecule has 10 heteroatoms. The highest BCUT2D eigenvalue weighted by Gasteiger charge is 2.34. The van der Waals surface area contributed by atoms with Crippen LogP contribution in [-0.2, 0) is 12.7 Å². The number of hydroxylamine groups is 1. The molecule has 2 aromatic carbocycles. The summed E-state index contributed by atoms with van der Waals surface area (Å²) < 4.78 is 39.7. The largest absolute Gasteiger partial charge is 0.416 e. The number of alkyl halides is 3. The number of carbonyl (C=O) groups is 2. The van der Waals surface area contributed by atoms with Gasteiger partial charge in [-0.2, -0.15) is 13.2 Å². The van der Waals surface area contributed by atoms with Crippen LogP contribution in [0.5, 0.6) is 0 Å². The molecule has 1 saturated heterocycles. The highest BCUT2D eigenvalue weighted by atomic mass is 19.4. The molecule has 1 atom stereocenters. The molecule has 1 aliphatic heterocycles. The number of benzene rings is 2. The van der Waals surface area contributed by atoms with E-state index in [1.54, 1.807) is 12.1 Å². The average molecular weight is 437 g/mol. The molecule has 0 aromatic heterocycles. The number of urea groups is 1. The summed E-state index contributed by atoms with van der Waals surface area (Å²) in [5.74, 6) is -0.708. The van der Waals surface area contributed by atoms with Crippen LogP contribution in [0.1, 0.15) is 34.3 Å². The Morgan fingerprint density at radius 2 is 1.87 bits per heavy atom. The van der Waals surface area contributed by atoms with Gasteiger partial charge in [0, 0.05) is 17.8 Å². The van der Waals surface area contributed by atoms with E-state index in [1.165, 1.54) is 39.5 Å². The van der Waals surface area contributed by atoms with Gasteiger partial charge in [-0.3, -0.25) is 14.9 Å². The third kappa shape index (κ3) is 5.15. The molecule has 7 nitrogen and oxygen atoms in total. The van der Waals surface area contributed by atoms with Crippen LogP contribution < -0.4 is 10.4 Å². The summed E-state index contributed by atoms with van der Waals surface area (Å²) in [4.78, 5) is 27.4. The van der Waals surface area contributed by atoms with Crippen molar-refractivity contribution in [3.05, 3.63) is 65.2 Å². The number of hydrogen-bond acceptors (Lipinski definition) is 4. The Hall–Kier alpha value is -3.11. The number of rotatable bonds is 5. The van der Waals surface area contributed by atoms with E-state index in [9.17, 15) is 27.9 Å². The maximum atomic E-state index is 13.3. The van der Waals surface area contributed by atoms with Gasteiger partial charge < -0.3 is 10.0 Å². The van der Waals surface area contributed by atoms with Crippen molar-refractivity contribution in [2.45, 2.75) is 31.6 Å². The Labute approximate surface area is 176 Å². The van der Waals surface area contributed by atoms with Crippen molar-refractivity contribution in [1.29, 1.82) is 0 Å². The van der Waals surface area contributed by atoms with Gasteiger partial charge in [0.1, 0.15) is 0 Å². The molecule has 1 aliphatic rings. The number of halogens is 3. The zero-order valence-corrected chi connectivity index (χ0v) is 16.5. The van der Waals surface area contributed by atoms with E-state index in [0.717, 1.165) is 12.1 Å². The van der Waals surface area contributed by atoms with E-state index in [2.05, 4.69) is 0 Å². The molecule has 0 spiro atoms. The number of nitrogens with one attached hydrogen (secondary N) is 1. The minimum atomic E-state index is -4.56. The average Bonchev–Trinajstić information content (AvgIpc) is 3.25. The minimum absolute atomic E-state index is 0.0458. The van der Waals surface area contributed by atoms with Crippen molar-refractivity contribution < 1.29 is 33.1 Å². The molecular weight excluding hydrogens is 415 g/mol. The first-order chi connectivity index (χ1) is 14.7. The van der Waals surface area contributed by atoms with E-state index < -0.39 is 29.7 Å².